The van der Waals surface area contributed by atoms with Crippen LogP contribution in [-0.4, -0.2) is 19.0 Å². The summed E-state index contributed by atoms with van der Waals surface area (Å²) in [4.78, 5) is 13.4. The molecule has 1 unspecified atom stereocenters. The Balaban J connectivity index is 2.60. The highest BCUT2D eigenvalue weighted by Gasteiger charge is 2.28. The zero-order valence-corrected chi connectivity index (χ0v) is 9.72. The summed E-state index contributed by atoms with van der Waals surface area (Å²) in [6, 6.07) is 3.63. The molecule has 2 rings (SSSR count). The molecule has 1 aliphatic rings. The molecule has 0 aromatic heterocycles. The van der Waals surface area contributed by atoms with E-state index >= 15 is 0 Å². The molecule has 0 spiro atoms. The average molecular weight is 225 g/mol. The van der Waals surface area contributed by atoms with Gasteiger partial charge in [0.1, 0.15) is 6.04 Å². The lowest BCUT2D eigenvalue weighted by molar-refractivity contribution is -0.118. The number of likely N-dealkylation sites (N-methyl/N-ethyl adjacent to an activating group) is 1. The van der Waals surface area contributed by atoms with E-state index in [4.69, 9.17) is 11.6 Å². The molecule has 1 aromatic carbocycles. The highest BCUT2D eigenvalue weighted by molar-refractivity contribution is 6.34. The van der Waals surface area contributed by atoms with E-state index in [1.807, 2.05) is 26.0 Å². The first-order valence-corrected chi connectivity index (χ1v) is 5.22. The molecule has 1 atom stereocenters. The quantitative estimate of drug-likeness (QED) is 0.734. The van der Waals surface area contributed by atoms with Crippen LogP contribution in [0.5, 0.6) is 0 Å². The molecule has 0 fully saturated rings. The predicted octanol–water partition coefficient (Wildman–Crippen LogP) is 2.43. The predicted molar refractivity (Wildman–Crippen MR) is 62.7 cm³/mol. The van der Waals surface area contributed by atoms with Crippen molar-refractivity contribution >= 4 is 28.9 Å². The number of carbonyl (C=O) groups is 1. The van der Waals surface area contributed by atoms with Gasteiger partial charge in [0.15, 0.2) is 0 Å². The molecular weight excluding hydrogens is 212 g/mol. The van der Waals surface area contributed by atoms with Gasteiger partial charge in [0.2, 0.25) is 5.91 Å². The van der Waals surface area contributed by atoms with Crippen molar-refractivity contribution in [3.05, 3.63) is 22.7 Å². The van der Waals surface area contributed by atoms with Gasteiger partial charge in [-0.1, -0.05) is 11.6 Å². The number of benzene rings is 1. The lowest BCUT2D eigenvalue weighted by atomic mass is 10.1. The topological polar surface area (TPSA) is 32.3 Å². The monoisotopic (exact) mass is 224 g/mol. The smallest absolute Gasteiger partial charge is 0.248 e. The number of nitrogens with zero attached hydrogens (tertiary/aromatic N) is 1. The number of aryl methyl sites for hydroxylation is 1. The van der Waals surface area contributed by atoms with Crippen LogP contribution in [0.3, 0.4) is 0 Å². The Hall–Kier alpha value is -1.22. The molecule has 0 saturated heterocycles. The van der Waals surface area contributed by atoms with Crippen LogP contribution in [0.2, 0.25) is 5.02 Å². The van der Waals surface area contributed by atoms with Crippen LogP contribution >= 0.6 is 11.6 Å². The fourth-order valence-corrected chi connectivity index (χ4v) is 2.14. The van der Waals surface area contributed by atoms with E-state index in [0.717, 1.165) is 16.9 Å². The number of anilines is 2. The second kappa shape index (κ2) is 3.42. The maximum atomic E-state index is 11.7. The second-order valence-electron chi connectivity index (χ2n) is 3.90. The van der Waals surface area contributed by atoms with Crippen LogP contribution in [0, 0.1) is 6.92 Å². The van der Waals surface area contributed by atoms with Crippen molar-refractivity contribution in [1.29, 1.82) is 0 Å². The minimum absolute atomic E-state index is 0.0594. The largest absolute Gasteiger partial charge is 0.371 e. The van der Waals surface area contributed by atoms with E-state index in [1.165, 1.54) is 0 Å². The van der Waals surface area contributed by atoms with Gasteiger partial charge in [-0.05, 0) is 31.5 Å². The highest BCUT2D eigenvalue weighted by Crippen LogP contribution is 2.37. The molecule has 0 saturated carbocycles. The molecular formula is C11H13ClN2O. The summed E-state index contributed by atoms with van der Waals surface area (Å²) < 4.78 is 0. The Morgan fingerprint density at radius 3 is 2.80 bits per heavy atom. The van der Waals surface area contributed by atoms with Gasteiger partial charge < -0.3 is 10.2 Å². The zero-order chi connectivity index (χ0) is 11.2. The maximum Gasteiger partial charge on any atom is 0.248 e. The first-order valence-electron chi connectivity index (χ1n) is 4.85. The van der Waals surface area contributed by atoms with Gasteiger partial charge in [-0.25, -0.2) is 0 Å². The number of nitrogens with one attached hydrogen (secondary N) is 1. The Morgan fingerprint density at radius 2 is 2.13 bits per heavy atom. The van der Waals surface area contributed by atoms with E-state index in [0.29, 0.717) is 5.02 Å². The van der Waals surface area contributed by atoms with E-state index < -0.39 is 0 Å². The summed E-state index contributed by atoms with van der Waals surface area (Å²) in [6.07, 6.45) is 0. The molecule has 80 valence electrons. The summed E-state index contributed by atoms with van der Waals surface area (Å²) in [5.74, 6) is 0.0594. The number of hydrogen-bond donors (Lipinski definition) is 1. The molecule has 1 aliphatic heterocycles. The van der Waals surface area contributed by atoms with Crippen molar-refractivity contribution in [3.8, 4) is 0 Å². The molecule has 3 nitrogen and oxygen atoms in total. The third kappa shape index (κ3) is 1.57. The Labute approximate surface area is 94.0 Å². The number of rotatable bonds is 0. The van der Waals surface area contributed by atoms with Crippen LogP contribution in [0.25, 0.3) is 0 Å². The molecule has 0 radical (unpaired) electrons. The van der Waals surface area contributed by atoms with Crippen molar-refractivity contribution in [2.45, 2.75) is 19.9 Å². The van der Waals surface area contributed by atoms with Gasteiger partial charge in [0, 0.05) is 7.05 Å². The summed E-state index contributed by atoms with van der Waals surface area (Å²) in [7, 11) is 1.77. The Bertz CT molecular complexity index is 431. The highest BCUT2D eigenvalue weighted by atomic mass is 35.5. The fourth-order valence-electron chi connectivity index (χ4n) is 1.82. The number of halogens is 1. The van der Waals surface area contributed by atoms with E-state index in [-0.39, 0.29) is 11.9 Å². The van der Waals surface area contributed by atoms with Gasteiger partial charge in [-0.15, -0.1) is 0 Å². The van der Waals surface area contributed by atoms with Crippen LogP contribution in [-0.2, 0) is 4.79 Å². The van der Waals surface area contributed by atoms with Crippen molar-refractivity contribution in [1.82, 2.24) is 0 Å². The van der Waals surface area contributed by atoms with Crippen LogP contribution < -0.4 is 10.2 Å². The second-order valence-corrected chi connectivity index (χ2v) is 4.31. The summed E-state index contributed by atoms with van der Waals surface area (Å²) >= 11 is 6.13. The standard InChI is InChI=1S/C11H13ClN2O/c1-6-4-8(12)10-9(5-6)14(3)11(15)7(2)13-10/h4-5,7,13H,1-3H3. The van der Waals surface area contributed by atoms with Crippen LogP contribution in [0.15, 0.2) is 12.1 Å². The average Bonchev–Trinajstić information content (AvgIpc) is 2.17. The zero-order valence-electron chi connectivity index (χ0n) is 8.97. The van der Waals surface area contributed by atoms with Gasteiger partial charge in [0.05, 0.1) is 16.4 Å². The van der Waals surface area contributed by atoms with Crippen LogP contribution in [0.1, 0.15) is 12.5 Å². The molecule has 0 bridgehead atoms. The van der Waals surface area contributed by atoms with Crippen molar-refractivity contribution in [2.75, 3.05) is 17.3 Å². The normalized spacial score (nSPS) is 19.9. The summed E-state index contributed by atoms with van der Waals surface area (Å²) in [5, 5.41) is 3.78. The lowest BCUT2D eigenvalue weighted by Crippen LogP contribution is -2.43. The number of fused-ring (bicyclic) bond motifs is 1. The third-order valence-electron chi connectivity index (χ3n) is 2.64. The van der Waals surface area contributed by atoms with Crippen molar-refractivity contribution < 1.29 is 4.79 Å². The fraction of sp³-hybridized carbons (Fsp3) is 0.364. The van der Waals surface area contributed by atoms with Crippen molar-refractivity contribution in [2.24, 2.45) is 0 Å². The molecule has 15 heavy (non-hydrogen) atoms. The molecule has 0 aliphatic carbocycles. The van der Waals surface area contributed by atoms with E-state index in [9.17, 15) is 4.79 Å². The van der Waals surface area contributed by atoms with Gasteiger partial charge in [-0.2, -0.15) is 0 Å². The van der Waals surface area contributed by atoms with E-state index in [1.54, 1.807) is 11.9 Å². The number of hydrogen-bond acceptors (Lipinski definition) is 2. The summed E-state index contributed by atoms with van der Waals surface area (Å²) in [5.41, 5.74) is 2.75. The van der Waals surface area contributed by atoms with E-state index in [2.05, 4.69) is 5.32 Å². The Morgan fingerprint density at radius 1 is 1.47 bits per heavy atom. The lowest BCUT2D eigenvalue weighted by Gasteiger charge is -2.32. The summed E-state index contributed by atoms with van der Waals surface area (Å²) in [6.45, 7) is 3.79. The van der Waals surface area contributed by atoms with Crippen LogP contribution in [0.4, 0.5) is 11.4 Å². The van der Waals surface area contributed by atoms with Gasteiger partial charge in [-0.3, -0.25) is 4.79 Å². The molecule has 1 N–H and O–H groups in total. The number of amides is 1. The molecule has 1 heterocycles. The first kappa shape index (κ1) is 10.3. The third-order valence-corrected chi connectivity index (χ3v) is 2.94. The minimum Gasteiger partial charge on any atom is -0.371 e. The van der Waals surface area contributed by atoms with Gasteiger partial charge >= 0.3 is 0 Å². The molecule has 1 aromatic rings. The maximum absolute atomic E-state index is 11.7. The molecule has 4 heteroatoms. The Kier molecular flexibility index (Phi) is 2.35. The molecule has 1 amide bonds. The SMILES string of the molecule is Cc1cc(Cl)c2c(c1)N(C)C(=O)C(C)N2. The number of carbonyl (C=O) groups excluding carboxylic acids is 1. The van der Waals surface area contributed by atoms with Crippen molar-refractivity contribution in [3.63, 3.8) is 0 Å². The van der Waals surface area contributed by atoms with Gasteiger partial charge in [0.25, 0.3) is 0 Å². The first-order chi connectivity index (χ1) is 7.00. The minimum atomic E-state index is -0.220.